The number of nitrogens with one attached hydrogen (secondary N) is 1. The van der Waals surface area contributed by atoms with Gasteiger partial charge in [0.15, 0.2) is 0 Å². The van der Waals surface area contributed by atoms with E-state index >= 15 is 0 Å². The summed E-state index contributed by atoms with van der Waals surface area (Å²) < 4.78 is 30.5. The summed E-state index contributed by atoms with van der Waals surface area (Å²) in [7, 11) is -3.63. The molecule has 0 aliphatic rings. The Morgan fingerprint density at radius 2 is 1.88 bits per heavy atom. The van der Waals surface area contributed by atoms with E-state index in [2.05, 4.69) is 5.32 Å². The molecule has 0 aromatic heterocycles. The van der Waals surface area contributed by atoms with Crippen LogP contribution >= 0.6 is 11.6 Å². The Morgan fingerprint density at radius 1 is 1.20 bits per heavy atom. The molecule has 0 unspecified atom stereocenters. The van der Waals surface area contributed by atoms with Gasteiger partial charge in [-0.15, -0.1) is 0 Å². The van der Waals surface area contributed by atoms with Gasteiger partial charge >= 0.3 is 0 Å². The summed E-state index contributed by atoms with van der Waals surface area (Å²) in [5.74, 6) is 0.159. The topological polar surface area (TPSA) is 75.7 Å². The van der Waals surface area contributed by atoms with E-state index in [1.54, 1.807) is 48.5 Å². The van der Waals surface area contributed by atoms with Gasteiger partial charge in [0.05, 0.1) is 18.6 Å². The number of benzene rings is 2. The average molecular weight is 383 g/mol. The van der Waals surface area contributed by atoms with E-state index < -0.39 is 15.9 Å². The van der Waals surface area contributed by atoms with Crippen LogP contribution in [0.15, 0.2) is 48.5 Å². The van der Waals surface area contributed by atoms with Crippen LogP contribution in [0.4, 0.5) is 11.4 Å². The summed E-state index contributed by atoms with van der Waals surface area (Å²) in [5, 5.41) is 3.15. The van der Waals surface area contributed by atoms with Gasteiger partial charge < -0.3 is 10.1 Å². The van der Waals surface area contributed by atoms with Crippen molar-refractivity contribution in [1.29, 1.82) is 0 Å². The molecule has 2 aromatic carbocycles. The van der Waals surface area contributed by atoms with Crippen LogP contribution in [0.2, 0.25) is 5.02 Å². The number of carbonyl (C=O) groups excluding carboxylic acids is 1. The molecule has 25 heavy (non-hydrogen) atoms. The SMILES string of the molecule is CCOc1cccc(NC(=O)CN(c2ccc(Cl)cc2)S(C)(=O)=O)c1. The Morgan fingerprint density at radius 3 is 2.48 bits per heavy atom. The van der Waals surface area contributed by atoms with E-state index in [0.717, 1.165) is 10.6 Å². The minimum atomic E-state index is -3.63. The molecule has 0 aliphatic carbocycles. The molecule has 1 N–H and O–H groups in total. The standard InChI is InChI=1S/C17H19ClN2O4S/c1-3-24-16-6-4-5-14(11-16)19-17(21)12-20(25(2,22)23)15-9-7-13(18)8-10-15/h4-11H,3,12H2,1-2H3,(H,19,21). The first-order chi connectivity index (χ1) is 11.8. The highest BCUT2D eigenvalue weighted by atomic mass is 35.5. The number of amides is 1. The van der Waals surface area contributed by atoms with E-state index in [1.165, 1.54) is 0 Å². The Bertz CT molecular complexity index is 838. The highest BCUT2D eigenvalue weighted by Gasteiger charge is 2.21. The van der Waals surface area contributed by atoms with E-state index in [9.17, 15) is 13.2 Å². The van der Waals surface area contributed by atoms with Crippen molar-refractivity contribution in [3.63, 3.8) is 0 Å². The van der Waals surface area contributed by atoms with Crippen LogP contribution in [0.1, 0.15) is 6.92 Å². The predicted molar refractivity (Wildman–Crippen MR) is 99.9 cm³/mol. The van der Waals surface area contributed by atoms with Gasteiger partial charge in [-0.05, 0) is 43.3 Å². The minimum absolute atomic E-state index is 0.348. The first-order valence-electron chi connectivity index (χ1n) is 7.55. The van der Waals surface area contributed by atoms with Crippen molar-refractivity contribution in [2.75, 3.05) is 29.0 Å². The summed E-state index contributed by atoms with van der Waals surface area (Å²) in [6.45, 7) is 2.02. The Kier molecular flexibility index (Phi) is 6.27. The maximum Gasteiger partial charge on any atom is 0.245 e. The fraction of sp³-hybridized carbons (Fsp3) is 0.235. The first-order valence-corrected chi connectivity index (χ1v) is 9.78. The third-order valence-electron chi connectivity index (χ3n) is 3.23. The van der Waals surface area contributed by atoms with E-state index in [4.69, 9.17) is 16.3 Å². The molecule has 0 bridgehead atoms. The van der Waals surface area contributed by atoms with Gasteiger partial charge in [0, 0.05) is 16.8 Å². The second-order valence-electron chi connectivity index (χ2n) is 5.26. The monoisotopic (exact) mass is 382 g/mol. The van der Waals surface area contributed by atoms with Crippen molar-refractivity contribution in [3.05, 3.63) is 53.6 Å². The molecule has 0 aliphatic heterocycles. The fourth-order valence-electron chi connectivity index (χ4n) is 2.17. The molecule has 8 heteroatoms. The number of carbonyl (C=O) groups is 1. The zero-order valence-corrected chi connectivity index (χ0v) is 15.5. The van der Waals surface area contributed by atoms with Crippen molar-refractivity contribution in [3.8, 4) is 5.75 Å². The number of nitrogens with zero attached hydrogens (tertiary/aromatic N) is 1. The van der Waals surface area contributed by atoms with Crippen LogP contribution in [0.3, 0.4) is 0 Å². The van der Waals surface area contributed by atoms with E-state index in [-0.39, 0.29) is 6.54 Å². The number of rotatable bonds is 7. The summed E-state index contributed by atoms with van der Waals surface area (Å²) in [6, 6.07) is 13.1. The number of halogens is 1. The van der Waals surface area contributed by atoms with Crippen LogP contribution < -0.4 is 14.4 Å². The zero-order valence-electron chi connectivity index (χ0n) is 13.9. The molecule has 134 valence electrons. The van der Waals surface area contributed by atoms with Gasteiger partial charge in [0.25, 0.3) is 0 Å². The first kappa shape index (κ1) is 19.1. The zero-order chi connectivity index (χ0) is 18.4. The lowest BCUT2D eigenvalue weighted by molar-refractivity contribution is -0.114. The fourth-order valence-corrected chi connectivity index (χ4v) is 3.15. The molecular weight excluding hydrogens is 364 g/mol. The Hall–Kier alpha value is -2.25. The minimum Gasteiger partial charge on any atom is -0.494 e. The van der Waals surface area contributed by atoms with Crippen molar-refractivity contribution >= 4 is 38.9 Å². The predicted octanol–water partition coefficient (Wildman–Crippen LogP) is 3.14. The van der Waals surface area contributed by atoms with Crippen molar-refractivity contribution in [2.24, 2.45) is 0 Å². The summed E-state index contributed by atoms with van der Waals surface area (Å²) in [5.41, 5.74) is 0.894. The van der Waals surface area contributed by atoms with Gasteiger partial charge in [-0.2, -0.15) is 0 Å². The maximum absolute atomic E-state index is 12.3. The number of sulfonamides is 1. The summed E-state index contributed by atoms with van der Waals surface area (Å²) in [4.78, 5) is 12.3. The van der Waals surface area contributed by atoms with Gasteiger partial charge in [0.2, 0.25) is 15.9 Å². The third kappa shape index (κ3) is 5.65. The summed E-state index contributed by atoms with van der Waals surface area (Å²) >= 11 is 5.83. The molecule has 0 saturated heterocycles. The molecule has 0 spiro atoms. The highest BCUT2D eigenvalue weighted by Crippen LogP contribution is 2.21. The molecule has 2 rings (SSSR count). The van der Waals surface area contributed by atoms with Crippen LogP contribution in [-0.4, -0.2) is 33.7 Å². The number of ether oxygens (including phenoxy) is 1. The molecule has 0 fully saturated rings. The molecule has 2 aromatic rings. The quantitative estimate of drug-likeness (QED) is 0.798. The van der Waals surface area contributed by atoms with E-state index in [1.807, 2.05) is 6.92 Å². The molecule has 0 saturated carbocycles. The lowest BCUT2D eigenvalue weighted by atomic mass is 10.3. The lowest BCUT2D eigenvalue weighted by Gasteiger charge is -2.22. The molecule has 1 amide bonds. The molecule has 6 nitrogen and oxygen atoms in total. The van der Waals surface area contributed by atoms with E-state index in [0.29, 0.717) is 28.8 Å². The van der Waals surface area contributed by atoms with Crippen molar-refractivity contribution in [1.82, 2.24) is 0 Å². The third-order valence-corrected chi connectivity index (χ3v) is 4.62. The molecular formula is C17H19ClN2O4S. The second-order valence-corrected chi connectivity index (χ2v) is 7.60. The number of anilines is 2. The van der Waals surface area contributed by atoms with Crippen LogP contribution in [0.5, 0.6) is 5.75 Å². The van der Waals surface area contributed by atoms with Gasteiger partial charge in [-0.3, -0.25) is 9.10 Å². The number of hydrogen-bond donors (Lipinski definition) is 1. The van der Waals surface area contributed by atoms with Crippen molar-refractivity contribution in [2.45, 2.75) is 6.92 Å². The van der Waals surface area contributed by atoms with Gasteiger partial charge in [0.1, 0.15) is 12.3 Å². The largest absolute Gasteiger partial charge is 0.494 e. The molecule has 0 radical (unpaired) electrons. The Labute approximate surface area is 152 Å². The molecule has 0 heterocycles. The lowest BCUT2D eigenvalue weighted by Crippen LogP contribution is -2.37. The summed E-state index contributed by atoms with van der Waals surface area (Å²) in [6.07, 6.45) is 1.05. The maximum atomic E-state index is 12.3. The van der Waals surface area contributed by atoms with Crippen molar-refractivity contribution < 1.29 is 17.9 Å². The van der Waals surface area contributed by atoms with Gasteiger partial charge in [-0.1, -0.05) is 17.7 Å². The number of hydrogen-bond acceptors (Lipinski definition) is 4. The Balaban J connectivity index is 2.15. The normalized spacial score (nSPS) is 11.0. The second kappa shape index (κ2) is 8.22. The van der Waals surface area contributed by atoms with Crippen LogP contribution in [0.25, 0.3) is 0 Å². The average Bonchev–Trinajstić information content (AvgIpc) is 2.53. The smallest absolute Gasteiger partial charge is 0.245 e. The molecule has 0 atom stereocenters. The highest BCUT2D eigenvalue weighted by molar-refractivity contribution is 7.92. The van der Waals surface area contributed by atoms with Gasteiger partial charge in [-0.25, -0.2) is 8.42 Å². The van der Waals surface area contributed by atoms with Crippen LogP contribution in [0, 0.1) is 0 Å². The van der Waals surface area contributed by atoms with Crippen LogP contribution in [-0.2, 0) is 14.8 Å².